The summed E-state index contributed by atoms with van der Waals surface area (Å²) in [6.07, 6.45) is 0. The number of fused-ring (bicyclic) bond motifs is 1. The van der Waals surface area contributed by atoms with Gasteiger partial charge in [-0.25, -0.2) is 0 Å². The third-order valence-electron chi connectivity index (χ3n) is 3.83. The number of nitrogens with zero attached hydrogens (tertiary/aromatic N) is 2. The molecule has 20 heavy (non-hydrogen) atoms. The first-order valence-electron chi connectivity index (χ1n) is 7.06. The minimum absolute atomic E-state index is 0.145. The highest BCUT2D eigenvalue weighted by molar-refractivity contribution is 5.98. The molecule has 5 nitrogen and oxygen atoms in total. The minimum atomic E-state index is 0.145. The van der Waals surface area contributed by atoms with E-state index in [9.17, 15) is 4.79 Å². The summed E-state index contributed by atoms with van der Waals surface area (Å²) in [5.74, 6) is 1.56. The van der Waals surface area contributed by atoms with Crippen molar-refractivity contribution in [2.75, 3.05) is 53.0 Å². The van der Waals surface area contributed by atoms with Crippen LogP contribution in [0.2, 0.25) is 0 Å². The van der Waals surface area contributed by atoms with Gasteiger partial charge in [0.15, 0.2) is 17.3 Å². The topological polar surface area (TPSA) is 42.0 Å². The maximum atomic E-state index is 12.3. The second-order valence-electron chi connectivity index (χ2n) is 5.36. The van der Waals surface area contributed by atoms with E-state index in [4.69, 9.17) is 9.47 Å². The van der Waals surface area contributed by atoms with E-state index in [-0.39, 0.29) is 5.78 Å². The van der Waals surface area contributed by atoms with Crippen molar-refractivity contribution < 1.29 is 14.3 Å². The molecule has 1 aromatic rings. The lowest BCUT2D eigenvalue weighted by Crippen LogP contribution is -2.46. The molecule has 3 rings (SSSR count). The van der Waals surface area contributed by atoms with Crippen LogP contribution in [0.15, 0.2) is 18.2 Å². The van der Waals surface area contributed by atoms with E-state index in [0.717, 1.165) is 31.9 Å². The number of carbonyl (C=O) groups is 1. The first-order valence-corrected chi connectivity index (χ1v) is 7.06. The summed E-state index contributed by atoms with van der Waals surface area (Å²) in [4.78, 5) is 16.8. The molecule has 0 bridgehead atoms. The Morgan fingerprint density at radius 3 is 2.55 bits per heavy atom. The summed E-state index contributed by atoms with van der Waals surface area (Å²) in [6.45, 7) is 5.54. The maximum Gasteiger partial charge on any atom is 0.176 e. The van der Waals surface area contributed by atoms with Gasteiger partial charge in [-0.1, -0.05) is 0 Å². The molecule has 2 heterocycles. The predicted molar refractivity (Wildman–Crippen MR) is 75.7 cm³/mol. The Morgan fingerprint density at radius 1 is 1.10 bits per heavy atom. The zero-order valence-electron chi connectivity index (χ0n) is 11.8. The van der Waals surface area contributed by atoms with E-state index in [1.807, 2.05) is 12.1 Å². The van der Waals surface area contributed by atoms with E-state index < -0.39 is 0 Å². The Morgan fingerprint density at radius 2 is 1.80 bits per heavy atom. The molecule has 1 fully saturated rings. The number of hydrogen-bond acceptors (Lipinski definition) is 5. The van der Waals surface area contributed by atoms with Crippen LogP contribution >= 0.6 is 0 Å². The molecule has 5 heteroatoms. The van der Waals surface area contributed by atoms with Crippen LogP contribution in [0.5, 0.6) is 11.5 Å². The standard InChI is InChI=1S/C15H20N2O3/c1-16-4-6-17(7-5-16)11-13(18)12-2-3-14-15(10-12)20-9-8-19-14/h2-3,10H,4-9,11H2,1H3. The van der Waals surface area contributed by atoms with Crippen LogP contribution in [0.3, 0.4) is 0 Å². The van der Waals surface area contributed by atoms with Gasteiger partial charge in [-0.2, -0.15) is 0 Å². The highest BCUT2D eigenvalue weighted by Crippen LogP contribution is 2.30. The van der Waals surface area contributed by atoms with Crippen LogP contribution in [0.4, 0.5) is 0 Å². The zero-order valence-corrected chi connectivity index (χ0v) is 11.8. The highest BCUT2D eigenvalue weighted by atomic mass is 16.6. The second-order valence-corrected chi connectivity index (χ2v) is 5.36. The molecule has 1 saturated heterocycles. The van der Waals surface area contributed by atoms with Gasteiger partial charge >= 0.3 is 0 Å². The average Bonchev–Trinajstić information content (AvgIpc) is 2.49. The predicted octanol–water partition coefficient (Wildman–Crippen LogP) is 0.888. The van der Waals surface area contributed by atoms with Gasteiger partial charge < -0.3 is 14.4 Å². The van der Waals surface area contributed by atoms with Gasteiger partial charge in [0, 0.05) is 31.7 Å². The molecule has 0 amide bonds. The van der Waals surface area contributed by atoms with Crippen LogP contribution in [0.1, 0.15) is 10.4 Å². The van der Waals surface area contributed by atoms with Gasteiger partial charge in [0.25, 0.3) is 0 Å². The quantitative estimate of drug-likeness (QED) is 0.767. The summed E-state index contributed by atoms with van der Waals surface area (Å²) in [5, 5.41) is 0. The lowest BCUT2D eigenvalue weighted by Gasteiger charge is -2.31. The molecule has 2 aliphatic heterocycles. The van der Waals surface area contributed by atoms with Crippen molar-refractivity contribution in [3.8, 4) is 11.5 Å². The summed E-state index contributed by atoms with van der Waals surface area (Å²) in [7, 11) is 2.11. The molecule has 1 aromatic carbocycles. The van der Waals surface area contributed by atoms with Crippen molar-refractivity contribution >= 4 is 5.78 Å². The number of Topliss-reactive ketones (excluding diaryl/α,β-unsaturated/α-hetero) is 1. The molecule has 0 atom stereocenters. The molecular formula is C15H20N2O3. The van der Waals surface area contributed by atoms with Gasteiger partial charge in [-0.15, -0.1) is 0 Å². The summed E-state index contributed by atoms with van der Waals surface area (Å²) >= 11 is 0. The third-order valence-corrected chi connectivity index (χ3v) is 3.83. The molecule has 0 N–H and O–H groups in total. The van der Waals surface area contributed by atoms with Crippen LogP contribution in [0.25, 0.3) is 0 Å². The van der Waals surface area contributed by atoms with Gasteiger partial charge in [0.2, 0.25) is 0 Å². The zero-order chi connectivity index (χ0) is 13.9. The molecule has 0 radical (unpaired) electrons. The number of hydrogen-bond donors (Lipinski definition) is 0. The Kier molecular flexibility index (Phi) is 3.89. The van der Waals surface area contributed by atoms with Gasteiger partial charge in [-0.3, -0.25) is 9.69 Å². The third kappa shape index (κ3) is 2.94. The van der Waals surface area contributed by atoms with Crippen molar-refractivity contribution in [3.63, 3.8) is 0 Å². The summed E-state index contributed by atoms with van der Waals surface area (Å²) in [6, 6.07) is 5.45. The monoisotopic (exact) mass is 276 g/mol. The molecule has 0 saturated carbocycles. The van der Waals surface area contributed by atoms with Gasteiger partial charge in [0.05, 0.1) is 6.54 Å². The number of ketones is 1. The van der Waals surface area contributed by atoms with Crippen molar-refractivity contribution in [2.24, 2.45) is 0 Å². The van der Waals surface area contributed by atoms with E-state index in [0.29, 0.717) is 31.1 Å². The first-order chi connectivity index (χ1) is 9.72. The van der Waals surface area contributed by atoms with Crippen molar-refractivity contribution in [1.29, 1.82) is 0 Å². The SMILES string of the molecule is CN1CCN(CC(=O)c2ccc3c(c2)OCCO3)CC1. The lowest BCUT2D eigenvalue weighted by atomic mass is 10.1. The lowest BCUT2D eigenvalue weighted by molar-refractivity contribution is 0.0875. The summed E-state index contributed by atoms with van der Waals surface area (Å²) < 4.78 is 11.0. The van der Waals surface area contributed by atoms with Crippen molar-refractivity contribution in [1.82, 2.24) is 9.80 Å². The van der Waals surface area contributed by atoms with Crippen LogP contribution in [-0.2, 0) is 0 Å². The molecule has 0 spiro atoms. The molecule has 2 aliphatic rings. The number of likely N-dealkylation sites (N-methyl/N-ethyl adjacent to an activating group) is 1. The van der Waals surface area contributed by atoms with E-state index >= 15 is 0 Å². The highest BCUT2D eigenvalue weighted by Gasteiger charge is 2.19. The van der Waals surface area contributed by atoms with Crippen LogP contribution in [0, 0.1) is 0 Å². The number of carbonyl (C=O) groups excluding carboxylic acids is 1. The second kappa shape index (κ2) is 5.81. The van der Waals surface area contributed by atoms with Crippen LogP contribution < -0.4 is 9.47 Å². The van der Waals surface area contributed by atoms with Crippen molar-refractivity contribution in [3.05, 3.63) is 23.8 Å². The fourth-order valence-electron chi connectivity index (χ4n) is 2.52. The molecule has 0 aromatic heterocycles. The average molecular weight is 276 g/mol. The fourth-order valence-corrected chi connectivity index (χ4v) is 2.52. The Hall–Kier alpha value is -1.59. The van der Waals surface area contributed by atoms with E-state index in [1.54, 1.807) is 6.07 Å². The Labute approximate surface area is 119 Å². The van der Waals surface area contributed by atoms with Crippen molar-refractivity contribution in [2.45, 2.75) is 0 Å². The van der Waals surface area contributed by atoms with Gasteiger partial charge in [0.1, 0.15) is 13.2 Å². The number of ether oxygens (including phenoxy) is 2. The summed E-state index contributed by atoms with van der Waals surface area (Å²) in [5.41, 5.74) is 0.702. The van der Waals surface area contributed by atoms with E-state index in [1.165, 1.54) is 0 Å². The smallest absolute Gasteiger partial charge is 0.176 e. The van der Waals surface area contributed by atoms with Gasteiger partial charge in [-0.05, 0) is 25.2 Å². The first kappa shape index (κ1) is 13.4. The minimum Gasteiger partial charge on any atom is -0.486 e. The molecule has 0 unspecified atom stereocenters. The molecular weight excluding hydrogens is 256 g/mol. The largest absolute Gasteiger partial charge is 0.486 e. The number of piperazine rings is 1. The molecule has 108 valence electrons. The Bertz CT molecular complexity index is 496. The fraction of sp³-hybridized carbons (Fsp3) is 0.533. The maximum absolute atomic E-state index is 12.3. The normalized spacial score (nSPS) is 19.9. The molecule has 0 aliphatic carbocycles. The number of benzene rings is 1. The number of rotatable bonds is 3. The van der Waals surface area contributed by atoms with E-state index in [2.05, 4.69) is 16.8 Å². The Balaban J connectivity index is 1.65. The van der Waals surface area contributed by atoms with Crippen LogP contribution in [-0.4, -0.2) is 68.6 Å².